The molecule has 0 N–H and O–H groups in total. The Hall–Kier alpha value is -0.760. The van der Waals surface area contributed by atoms with Gasteiger partial charge in [-0.15, -0.1) is 0 Å². The minimum absolute atomic E-state index is 0.329. The molecule has 1 aliphatic heterocycles. The van der Waals surface area contributed by atoms with Crippen molar-refractivity contribution in [1.82, 2.24) is 0 Å². The van der Waals surface area contributed by atoms with E-state index in [0.717, 1.165) is 11.3 Å². The predicted molar refractivity (Wildman–Crippen MR) is 73.3 cm³/mol. The molecule has 1 heterocycles. The molecular formula is C14H21OS+. The first kappa shape index (κ1) is 13.3. The molecule has 2 rings (SSSR count). The first-order valence-electron chi connectivity index (χ1n) is 6.08. The number of hydrogen-bond acceptors (Lipinski definition) is 1. The van der Waals surface area contributed by atoms with Gasteiger partial charge in [-0.05, 0) is 23.7 Å². The second kappa shape index (κ2) is 7.50. The molecule has 0 aromatic heterocycles. The van der Waals surface area contributed by atoms with Gasteiger partial charge in [0, 0.05) is 5.56 Å². The van der Waals surface area contributed by atoms with Gasteiger partial charge in [-0.1, -0.05) is 44.2 Å². The minimum atomic E-state index is 0.329. The molecule has 2 heteroatoms. The topological polar surface area (TPSA) is 17.1 Å². The Morgan fingerprint density at radius 2 is 1.69 bits per heavy atom. The van der Waals surface area contributed by atoms with Crippen LogP contribution in [0.4, 0.5) is 0 Å². The summed E-state index contributed by atoms with van der Waals surface area (Å²) in [5.41, 5.74) is 0.881. The summed E-state index contributed by atoms with van der Waals surface area (Å²) in [4.78, 5) is 11.8. The highest BCUT2D eigenvalue weighted by Gasteiger charge is 2.27. The van der Waals surface area contributed by atoms with E-state index in [1.165, 1.54) is 24.3 Å². The van der Waals surface area contributed by atoms with Crippen LogP contribution in [0.25, 0.3) is 0 Å². The van der Waals surface area contributed by atoms with Gasteiger partial charge < -0.3 is 0 Å². The number of benzene rings is 1. The number of carbonyl (C=O) groups is 1. The maximum absolute atomic E-state index is 11.8. The molecule has 1 aromatic carbocycles. The zero-order chi connectivity index (χ0) is 11.8. The Morgan fingerprint density at radius 3 is 2.25 bits per heavy atom. The number of ketones is 1. The number of hydrogen-bond donors (Lipinski definition) is 0. The highest BCUT2D eigenvalue weighted by molar-refractivity contribution is 7.97. The molecule has 0 atom stereocenters. The largest absolute Gasteiger partial charge is 0.289 e. The van der Waals surface area contributed by atoms with Crippen LogP contribution < -0.4 is 0 Å². The first-order valence-corrected chi connectivity index (χ1v) is 7.82. The summed E-state index contributed by atoms with van der Waals surface area (Å²) in [5, 5.41) is 0. The van der Waals surface area contributed by atoms with Crippen molar-refractivity contribution in [3.05, 3.63) is 35.9 Å². The molecule has 1 nitrogen and oxygen atoms in total. The Balaban J connectivity index is 0.000000606. The molecule has 0 radical (unpaired) electrons. The van der Waals surface area contributed by atoms with Crippen molar-refractivity contribution >= 4 is 16.7 Å². The van der Waals surface area contributed by atoms with Crippen LogP contribution in [0, 0.1) is 0 Å². The fraction of sp³-hybridized carbons (Fsp3) is 0.500. The van der Waals surface area contributed by atoms with Crippen molar-refractivity contribution in [3.63, 3.8) is 0 Å². The van der Waals surface area contributed by atoms with Crippen LogP contribution in [0.1, 0.15) is 37.0 Å². The van der Waals surface area contributed by atoms with Crippen LogP contribution in [0.15, 0.2) is 30.3 Å². The Labute approximate surface area is 102 Å². The van der Waals surface area contributed by atoms with Crippen LogP contribution in [0.5, 0.6) is 0 Å². The zero-order valence-corrected chi connectivity index (χ0v) is 11.1. The van der Waals surface area contributed by atoms with Gasteiger partial charge in [0.1, 0.15) is 11.5 Å². The van der Waals surface area contributed by atoms with Crippen molar-refractivity contribution in [2.75, 3.05) is 17.3 Å². The average Bonchev–Trinajstić information content (AvgIpc) is 2.86. The molecule has 0 amide bonds. The lowest BCUT2D eigenvalue weighted by molar-refractivity contribution is 0.102. The third-order valence-electron chi connectivity index (χ3n) is 2.55. The van der Waals surface area contributed by atoms with Crippen LogP contribution >= 0.6 is 0 Å². The molecule has 0 saturated carbocycles. The lowest BCUT2D eigenvalue weighted by atomic mass is 10.2. The molecule has 0 aliphatic carbocycles. The Kier molecular flexibility index (Phi) is 6.24. The number of carbonyl (C=O) groups excluding carboxylic acids is 1. The fourth-order valence-corrected chi connectivity index (χ4v) is 4.01. The first-order chi connectivity index (χ1) is 7.86. The quantitative estimate of drug-likeness (QED) is 0.582. The third-order valence-corrected chi connectivity index (χ3v) is 4.95. The molecule has 1 aliphatic rings. The van der Waals surface area contributed by atoms with Crippen molar-refractivity contribution in [2.24, 2.45) is 0 Å². The van der Waals surface area contributed by atoms with Crippen molar-refractivity contribution in [3.8, 4) is 0 Å². The van der Waals surface area contributed by atoms with Crippen LogP contribution in [-0.4, -0.2) is 23.0 Å². The second-order valence-electron chi connectivity index (χ2n) is 3.66. The molecule has 1 aromatic rings. The summed E-state index contributed by atoms with van der Waals surface area (Å²) in [5.74, 6) is 3.66. The van der Waals surface area contributed by atoms with E-state index in [-0.39, 0.29) is 0 Å². The molecule has 0 bridgehead atoms. The summed E-state index contributed by atoms with van der Waals surface area (Å²) in [6.07, 6.45) is 2.65. The van der Waals surface area contributed by atoms with Crippen LogP contribution in [-0.2, 0) is 10.9 Å². The summed E-state index contributed by atoms with van der Waals surface area (Å²) in [6, 6.07) is 9.66. The van der Waals surface area contributed by atoms with Crippen molar-refractivity contribution < 1.29 is 4.79 Å². The molecule has 1 saturated heterocycles. The average molecular weight is 237 g/mol. The molecule has 1 fully saturated rings. The fourth-order valence-electron chi connectivity index (χ4n) is 1.75. The van der Waals surface area contributed by atoms with Gasteiger partial charge in [0.15, 0.2) is 5.75 Å². The Morgan fingerprint density at radius 1 is 1.12 bits per heavy atom. The summed E-state index contributed by atoms with van der Waals surface area (Å²) < 4.78 is 0. The third kappa shape index (κ3) is 4.01. The van der Waals surface area contributed by atoms with Gasteiger partial charge in [0.25, 0.3) is 0 Å². The smallest absolute Gasteiger partial charge is 0.211 e. The van der Waals surface area contributed by atoms with E-state index in [1.807, 2.05) is 44.2 Å². The minimum Gasteiger partial charge on any atom is -0.289 e. The molecule has 88 valence electrons. The van der Waals surface area contributed by atoms with Crippen LogP contribution in [0.3, 0.4) is 0 Å². The lowest BCUT2D eigenvalue weighted by Crippen LogP contribution is -2.17. The van der Waals surface area contributed by atoms with Crippen LogP contribution in [0.2, 0.25) is 0 Å². The Bertz CT molecular complexity index is 302. The van der Waals surface area contributed by atoms with Gasteiger partial charge in [-0.3, -0.25) is 4.79 Å². The summed E-state index contributed by atoms with van der Waals surface area (Å²) in [7, 11) is 0.393. The number of rotatable bonds is 3. The molecule has 0 spiro atoms. The molecule has 16 heavy (non-hydrogen) atoms. The highest BCUT2D eigenvalue weighted by Crippen LogP contribution is 2.15. The van der Waals surface area contributed by atoms with E-state index in [4.69, 9.17) is 0 Å². The highest BCUT2D eigenvalue weighted by atomic mass is 32.2. The van der Waals surface area contributed by atoms with Crippen molar-refractivity contribution in [1.29, 1.82) is 0 Å². The standard InChI is InChI=1S/C12H15OS.C2H6/c13-12(10-14-8-4-5-9-14)11-6-2-1-3-7-11;1-2/h1-3,6-7H,4-5,8-10H2;1-2H3/q+1;. The predicted octanol–water partition coefficient (Wildman–Crippen LogP) is 3.31. The monoisotopic (exact) mass is 237 g/mol. The van der Waals surface area contributed by atoms with Gasteiger partial charge in [0.2, 0.25) is 5.78 Å². The van der Waals surface area contributed by atoms with Gasteiger partial charge in [0.05, 0.1) is 0 Å². The van der Waals surface area contributed by atoms with Gasteiger partial charge in [-0.2, -0.15) is 0 Å². The molecule has 0 unspecified atom stereocenters. The van der Waals surface area contributed by atoms with E-state index in [0.29, 0.717) is 16.7 Å². The van der Waals surface area contributed by atoms with E-state index < -0.39 is 0 Å². The lowest BCUT2D eigenvalue weighted by Gasteiger charge is -2.00. The van der Waals surface area contributed by atoms with Gasteiger partial charge >= 0.3 is 0 Å². The van der Waals surface area contributed by atoms with Gasteiger partial charge in [-0.25, -0.2) is 0 Å². The maximum Gasteiger partial charge on any atom is 0.211 e. The number of Topliss-reactive ketones (excluding diaryl/α,β-unsaturated/α-hetero) is 1. The maximum atomic E-state index is 11.8. The summed E-state index contributed by atoms with van der Waals surface area (Å²) >= 11 is 0. The molecular weight excluding hydrogens is 216 g/mol. The second-order valence-corrected chi connectivity index (χ2v) is 5.99. The van der Waals surface area contributed by atoms with Crippen molar-refractivity contribution in [2.45, 2.75) is 26.7 Å². The normalized spacial score (nSPS) is 15.4. The zero-order valence-electron chi connectivity index (χ0n) is 10.2. The van der Waals surface area contributed by atoms with E-state index in [9.17, 15) is 4.79 Å². The SMILES string of the molecule is CC.O=C(C[S+]1CCCC1)c1ccccc1. The van der Waals surface area contributed by atoms with E-state index in [1.54, 1.807) is 0 Å². The van der Waals surface area contributed by atoms with E-state index in [2.05, 4.69) is 0 Å². The summed E-state index contributed by atoms with van der Waals surface area (Å²) in [6.45, 7) is 4.00. The van der Waals surface area contributed by atoms with E-state index >= 15 is 0 Å².